The molecule has 186 valence electrons. The molecular weight excluding hydrogens is 432 g/mol. The van der Waals surface area contributed by atoms with Gasteiger partial charge in [0, 0.05) is 49.4 Å². The molecule has 8 heteroatoms. The number of aliphatic hydroxyl groups is 2. The van der Waals surface area contributed by atoms with Gasteiger partial charge in [-0.3, -0.25) is 15.1 Å². The molecule has 1 saturated heterocycles. The first-order valence-electron chi connectivity index (χ1n) is 12.4. The van der Waals surface area contributed by atoms with Gasteiger partial charge in [-0.2, -0.15) is 0 Å². The standard InChI is InChI=1S/C26H38N4O4/c1-4-23-26(28-21-17-20(34-3)7-6-8-22(21)30(23)5-2)13-15-29(16-14-26)24(31)18-9-11-19(12-10-18)27-25(32)33/h4-5,8,17-19,25,27,32-33H,2,6-7,9-16H2,1,3H3. The van der Waals surface area contributed by atoms with Gasteiger partial charge < -0.3 is 24.7 Å². The van der Waals surface area contributed by atoms with E-state index in [9.17, 15) is 4.79 Å². The van der Waals surface area contributed by atoms with E-state index in [2.05, 4.69) is 41.9 Å². The lowest BCUT2D eigenvalue weighted by molar-refractivity contribution is -0.138. The largest absolute Gasteiger partial charge is 0.501 e. The molecule has 0 radical (unpaired) electrons. The van der Waals surface area contributed by atoms with Crippen LogP contribution in [0.2, 0.25) is 0 Å². The first kappa shape index (κ1) is 24.7. The van der Waals surface area contributed by atoms with Gasteiger partial charge >= 0.3 is 0 Å². The van der Waals surface area contributed by atoms with Gasteiger partial charge in [0.15, 0.2) is 0 Å². The van der Waals surface area contributed by atoms with Crippen LogP contribution in [0.5, 0.6) is 0 Å². The summed E-state index contributed by atoms with van der Waals surface area (Å²) < 4.78 is 5.57. The molecule has 2 aliphatic heterocycles. The number of aliphatic hydroxyl groups excluding tert-OH is 1. The summed E-state index contributed by atoms with van der Waals surface area (Å²) in [5, 5.41) is 21.0. The topological polar surface area (TPSA) is 97.6 Å². The van der Waals surface area contributed by atoms with Gasteiger partial charge in [0.1, 0.15) is 5.54 Å². The van der Waals surface area contributed by atoms with Gasteiger partial charge in [-0.25, -0.2) is 0 Å². The summed E-state index contributed by atoms with van der Waals surface area (Å²) in [4.78, 5) is 22.7. The Morgan fingerprint density at radius 1 is 1.29 bits per heavy atom. The summed E-state index contributed by atoms with van der Waals surface area (Å²) in [6.45, 7) is 7.48. The van der Waals surface area contributed by atoms with Crippen molar-refractivity contribution in [2.45, 2.75) is 76.3 Å². The molecule has 4 aliphatic rings. The van der Waals surface area contributed by atoms with Crippen LogP contribution in [0.1, 0.15) is 58.3 Å². The van der Waals surface area contributed by atoms with Gasteiger partial charge in [0.2, 0.25) is 12.3 Å². The Kier molecular flexibility index (Phi) is 7.60. The summed E-state index contributed by atoms with van der Waals surface area (Å²) in [7, 11) is 1.71. The average Bonchev–Trinajstić information content (AvgIpc) is 3.05. The van der Waals surface area contributed by atoms with E-state index in [-0.39, 0.29) is 23.4 Å². The number of carbonyl (C=O) groups is 1. The van der Waals surface area contributed by atoms with Crippen molar-refractivity contribution in [3.05, 3.63) is 48.2 Å². The minimum Gasteiger partial charge on any atom is -0.501 e. The first-order chi connectivity index (χ1) is 16.4. The van der Waals surface area contributed by atoms with E-state index in [1.807, 2.05) is 11.1 Å². The highest BCUT2D eigenvalue weighted by Crippen LogP contribution is 2.43. The Morgan fingerprint density at radius 3 is 2.59 bits per heavy atom. The van der Waals surface area contributed by atoms with Crippen molar-refractivity contribution in [1.82, 2.24) is 15.1 Å². The molecule has 1 spiro atoms. The van der Waals surface area contributed by atoms with E-state index in [0.717, 1.165) is 74.2 Å². The fourth-order valence-electron chi connectivity index (χ4n) is 5.91. The number of amides is 1. The molecule has 1 amide bonds. The zero-order valence-electron chi connectivity index (χ0n) is 20.4. The van der Waals surface area contributed by atoms with Crippen molar-refractivity contribution in [2.24, 2.45) is 10.9 Å². The highest BCUT2D eigenvalue weighted by atomic mass is 16.5. The van der Waals surface area contributed by atoms with Gasteiger partial charge in [0.25, 0.3) is 0 Å². The second-order valence-electron chi connectivity index (χ2n) is 9.61. The molecule has 0 aromatic rings. The molecule has 2 heterocycles. The number of hydrogen-bond acceptors (Lipinski definition) is 7. The quantitative estimate of drug-likeness (QED) is 0.535. The molecule has 0 aromatic heterocycles. The number of ether oxygens (including phenoxy) is 1. The van der Waals surface area contributed by atoms with Crippen LogP contribution in [0.15, 0.2) is 53.2 Å². The van der Waals surface area contributed by atoms with Crippen molar-refractivity contribution < 1.29 is 19.7 Å². The van der Waals surface area contributed by atoms with E-state index < -0.39 is 6.41 Å². The Balaban J connectivity index is 1.49. The normalized spacial score (nSPS) is 28.1. The van der Waals surface area contributed by atoms with Crippen LogP contribution in [0, 0.1) is 5.92 Å². The molecule has 0 unspecified atom stereocenters. The minimum absolute atomic E-state index is 0.00931. The number of likely N-dealkylation sites (tertiary alicyclic amines) is 1. The number of nitrogens with zero attached hydrogens (tertiary/aromatic N) is 3. The van der Waals surface area contributed by atoms with Crippen molar-refractivity contribution in [3.63, 3.8) is 0 Å². The number of aliphatic imine (C=N–C) groups is 1. The first-order valence-corrected chi connectivity index (χ1v) is 12.4. The lowest BCUT2D eigenvalue weighted by Gasteiger charge is -2.47. The smallest absolute Gasteiger partial charge is 0.225 e. The van der Waals surface area contributed by atoms with Crippen LogP contribution in [0.4, 0.5) is 0 Å². The third-order valence-corrected chi connectivity index (χ3v) is 7.70. The lowest BCUT2D eigenvalue weighted by atomic mass is 9.80. The molecule has 2 aliphatic carbocycles. The molecule has 4 rings (SSSR count). The average molecular weight is 471 g/mol. The number of rotatable bonds is 5. The summed E-state index contributed by atoms with van der Waals surface area (Å²) in [5.41, 5.74) is 2.73. The van der Waals surface area contributed by atoms with Gasteiger partial charge in [-0.05, 0) is 51.9 Å². The maximum absolute atomic E-state index is 13.3. The Bertz CT molecular complexity index is 904. The van der Waals surface area contributed by atoms with Crippen molar-refractivity contribution in [3.8, 4) is 0 Å². The number of allylic oxidation sites excluding steroid dienone is 4. The van der Waals surface area contributed by atoms with Crippen LogP contribution in [0.3, 0.4) is 0 Å². The third-order valence-electron chi connectivity index (χ3n) is 7.70. The number of nitrogens with one attached hydrogen (secondary N) is 1. The van der Waals surface area contributed by atoms with E-state index in [1.54, 1.807) is 7.11 Å². The fraction of sp³-hybridized carbons (Fsp3) is 0.615. The zero-order chi connectivity index (χ0) is 24.3. The molecule has 0 aromatic carbocycles. The number of fused-ring (bicyclic) bond motifs is 1. The molecule has 1 saturated carbocycles. The number of methoxy groups -OCH3 is 1. The van der Waals surface area contributed by atoms with Crippen molar-refractivity contribution in [2.75, 3.05) is 20.2 Å². The van der Waals surface area contributed by atoms with Crippen LogP contribution >= 0.6 is 0 Å². The molecule has 2 fully saturated rings. The highest BCUT2D eigenvalue weighted by molar-refractivity contribution is 6.10. The monoisotopic (exact) mass is 470 g/mol. The molecular formula is C26H38N4O4. The van der Waals surface area contributed by atoms with E-state index >= 15 is 0 Å². The molecule has 3 N–H and O–H groups in total. The maximum Gasteiger partial charge on any atom is 0.225 e. The zero-order valence-corrected chi connectivity index (χ0v) is 20.4. The summed E-state index contributed by atoms with van der Waals surface area (Å²) >= 11 is 0. The predicted molar refractivity (Wildman–Crippen MR) is 131 cm³/mol. The van der Waals surface area contributed by atoms with Gasteiger partial charge in [-0.15, -0.1) is 0 Å². The Hall–Kier alpha value is -2.42. The van der Waals surface area contributed by atoms with Gasteiger partial charge in [-0.1, -0.05) is 18.7 Å². The Labute approximate surface area is 202 Å². The second kappa shape index (κ2) is 10.5. The molecule has 0 atom stereocenters. The maximum atomic E-state index is 13.3. The van der Waals surface area contributed by atoms with E-state index in [1.165, 1.54) is 0 Å². The fourth-order valence-corrected chi connectivity index (χ4v) is 5.91. The van der Waals surface area contributed by atoms with Gasteiger partial charge in [0.05, 0.1) is 24.3 Å². The SMILES string of the molecule is C=CN1C2=CCCC(OC)=CC2=NC2(CCN(C(=O)C3CCC(NC(O)O)CC3)CC2)C1=CC. The summed E-state index contributed by atoms with van der Waals surface area (Å²) in [5.74, 6) is 1.16. The van der Waals surface area contributed by atoms with Crippen LogP contribution < -0.4 is 5.32 Å². The molecule has 0 bridgehead atoms. The number of hydrogen-bond donors (Lipinski definition) is 3. The number of piperidine rings is 1. The molecule has 8 nitrogen and oxygen atoms in total. The van der Waals surface area contributed by atoms with Crippen molar-refractivity contribution >= 4 is 11.6 Å². The van der Waals surface area contributed by atoms with E-state index in [4.69, 9.17) is 19.9 Å². The second-order valence-corrected chi connectivity index (χ2v) is 9.61. The predicted octanol–water partition coefficient (Wildman–Crippen LogP) is 2.78. The number of carbonyl (C=O) groups excluding carboxylic acids is 1. The summed E-state index contributed by atoms with van der Waals surface area (Å²) in [6.07, 6.45) is 13.1. The van der Waals surface area contributed by atoms with Crippen molar-refractivity contribution in [1.29, 1.82) is 0 Å². The Morgan fingerprint density at radius 2 is 2.00 bits per heavy atom. The van der Waals surface area contributed by atoms with E-state index in [0.29, 0.717) is 13.1 Å². The van der Waals surface area contributed by atoms with Crippen LogP contribution in [-0.2, 0) is 9.53 Å². The van der Waals surface area contributed by atoms with Crippen LogP contribution in [-0.4, -0.2) is 69.8 Å². The lowest BCUT2D eigenvalue weighted by Crippen LogP contribution is -2.53. The highest BCUT2D eigenvalue weighted by Gasteiger charge is 2.45. The molecule has 34 heavy (non-hydrogen) atoms. The summed E-state index contributed by atoms with van der Waals surface area (Å²) in [6, 6.07) is 0.0562. The van der Waals surface area contributed by atoms with Crippen LogP contribution in [0.25, 0.3) is 0 Å². The minimum atomic E-state index is -1.50. The third kappa shape index (κ3) is 4.85.